The molecule has 0 bridgehead atoms. The van der Waals surface area contributed by atoms with Crippen LogP contribution < -0.4 is 24.6 Å². The van der Waals surface area contributed by atoms with Gasteiger partial charge in [0, 0.05) is 37.1 Å². The minimum atomic E-state index is -0.813. The van der Waals surface area contributed by atoms with Gasteiger partial charge >= 0.3 is 6.03 Å². The van der Waals surface area contributed by atoms with Crippen LogP contribution in [0.5, 0.6) is 11.5 Å². The van der Waals surface area contributed by atoms with Crippen molar-refractivity contribution >= 4 is 35.3 Å². The smallest absolute Gasteiger partial charge is 0.335 e. The van der Waals surface area contributed by atoms with Gasteiger partial charge in [0.25, 0.3) is 11.8 Å². The topological polar surface area (TPSA) is 101 Å². The molecule has 3 heterocycles. The van der Waals surface area contributed by atoms with Crippen LogP contribution in [0.15, 0.2) is 42.2 Å². The quantitative estimate of drug-likeness (QED) is 0.583. The van der Waals surface area contributed by atoms with Crippen LogP contribution in [0.1, 0.15) is 18.4 Å². The van der Waals surface area contributed by atoms with Gasteiger partial charge in [0.15, 0.2) is 0 Å². The van der Waals surface area contributed by atoms with Crippen molar-refractivity contribution in [2.75, 3.05) is 37.1 Å². The fourth-order valence-corrected chi connectivity index (χ4v) is 3.76. The zero-order valence-electron chi connectivity index (χ0n) is 17.3. The Morgan fingerprint density at radius 1 is 1.00 bits per heavy atom. The van der Waals surface area contributed by atoms with Crippen LogP contribution in [0.4, 0.5) is 16.2 Å². The number of imide groups is 2. The minimum absolute atomic E-state index is 0.189. The summed E-state index contributed by atoms with van der Waals surface area (Å²) in [4.78, 5) is 44.8. The number of hydrogen-bond donors (Lipinski definition) is 1. The first kappa shape index (κ1) is 20.4. The Balaban J connectivity index is 1.76. The first-order valence-electron chi connectivity index (χ1n) is 9.86. The number of pyridine rings is 1. The predicted molar refractivity (Wildman–Crippen MR) is 114 cm³/mol. The average Bonchev–Trinajstić information content (AvgIpc) is 3.31. The number of carbonyl (C=O) groups is 3. The molecule has 1 aromatic carbocycles. The number of carbonyl (C=O) groups excluding carboxylic acids is 3. The molecule has 0 unspecified atom stereocenters. The zero-order valence-corrected chi connectivity index (χ0v) is 17.3. The Hall–Kier alpha value is -3.88. The van der Waals surface area contributed by atoms with Crippen molar-refractivity contribution in [3.05, 3.63) is 47.8 Å². The number of barbiturate groups is 1. The first-order chi connectivity index (χ1) is 15.0. The van der Waals surface area contributed by atoms with Crippen LogP contribution in [0.2, 0.25) is 0 Å². The van der Waals surface area contributed by atoms with E-state index in [0.717, 1.165) is 36.5 Å². The van der Waals surface area contributed by atoms with Gasteiger partial charge in [-0.25, -0.2) is 9.69 Å². The Morgan fingerprint density at radius 3 is 2.32 bits per heavy atom. The highest BCUT2D eigenvalue weighted by Crippen LogP contribution is 2.38. The van der Waals surface area contributed by atoms with Crippen molar-refractivity contribution in [3.8, 4) is 11.5 Å². The molecule has 0 spiro atoms. The van der Waals surface area contributed by atoms with Crippen molar-refractivity contribution in [2.24, 2.45) is 0 Å². The number of benzene rings is 1. The molecule has 0 saturated carbocycles. The van der Waals surface area contributed by atoms with E-state index in [1.165, 1.54) is 37.7 Å². The third kappa shape index (κ3) is 3.81. The normalized spacial score (nSPS) is 17.9. The predicted octanol–water partition coefficient (Wildman–Crippen LogP) is 2.37. The van der Waals surface area contributed by atoms with E-state index in [1.807, 2.05) is 6.07 Å². The van der Waals surface area contributed by atoms with Gasteiger partial charge in [-0.1, -0.05) is 0 Å². The Labute approximate surface area is 179 Å². The van der Waals surface area contributed by atoms with Crippen molar-refractivity contribution in [1.82, 2.24) is 10.3 Å². The number of amides is 4. The number of nitrogens with zero attached hydrogens (tertiary/aromatic N) is 3. The van der Waals surface area contributed by atoms with Gasteiger partial charge in [-0.15, -0.1) is 0 Å². The number of aromatic nitrogens is 1. The Bertz CT molecular complexity index is 1060. The third-order valence-corrected chi connectivity index (χ3v) is 5.30. The molecule has 4 rings (SSSR count). The third-order valence-electron chi connectivity index (χ3n) is 5.30. The molecular weight excluding hydrogens is 400 g/mol. The number of ether oxygens (including phenoxy) is 2. The van der Waals surface area contributed by atoms with Gasteiger partial charge in [0.1, 0.15) is 17.1 Å². The van der Waals surface area contributed by atoms with Gasteiger partial charge in [-0.3, -0.25) is 19.9 Å². The summed E-state index contributed by atoms with van der Waals surface area (Å²) < 4.78 is 11.1. The molecule has 0 radical (unpaired) electrons. The molecule has 2 fully saturated rings. The summed E-state index contributed by atoms with van der Waals surface area (Å²) in [5, 5.41) is 2.21. The zero-order chi connectivity index (χ0) is 22.0. The molecular formula is C22H22N4O5. The summed E-state index contributed by atoms with van der Waals surface area (Å²) in [5.74, 6) is -0.405. The first-order valence-corrected chi connectivity index (χ1v) is 9.86. The number of methoxy groups -OCH3 is 2. The van der Waals surface area contributed by atoms with E-state index in [0.29, 0.717) is 22.7 Å². The minimum Gasteiger partial charge on any atom is -0.496 e. The lowest BCUT2D eigenvalue weighted by atomic mass is 10.0. The van der Waals surface area contributed by atoms with E-state index in [1.54, 1.807) is 13.2 Å². The average molecular weight is 422 g/mol. The molecule has 0 atom stereocenters. The summed E-state index contributed by atoms with van der Waals surface area (Å²) in [5.41, 5.74) is 1.51. The number of nitrogens with one attached hydrogen (secondary N) is 1. The molecule has 1 aromatic heterocycles. The number of rotatable bonds is 5. The largest absolute Gasteiger partial charge is 0.496 e. The second-order valence-corrected chi connectivity index (χ2v) is 7.12. The van der Waals surface area contributed by atoms with Crippen LogP contribution in [0.3, 0.4) is 0 Å². The molecule has 2 aliphatic heterocycles. The lowest BCUT2D eigenvalue weighted by molar-refractivity contribution is -0.122. The lowest BCUT2D eigenvalue weighted by Gasteiger charge is -2.26. The highest BCUT2D eigenvalue weighted by molar-refractivity contribution is 6.39. The molecule has 2 aliphatic rings. The summed E-state index contributed by atoms with van der Waals surface area (Å²) >= 11 is 0. The highest BCUT2D eigenvalue weighted by atomic mass is 16.5. The van der Waals surface area contributed by atoms with E-state index in [9.17, 15) is 14.4 Å². The fourth-order valence-electron chi connectivity index (χ4n) is 3.76. The van der Waals surface area contributed by atoms with Crippen molar-refractivity contribution < 1.29 is 23.9 Å². The van der Waals surface area contributed by atoms with Crippen molar-refractivity contribution in [2.45, 2.75) is 12.8 Å². The maximum atomic E-state index is 13.1. The maximum absolute atomic E-state index is 13.1. The monoisotopic (exact) mass is 422 g/mol. The maximum Gasteiger partial charge on any atom is 0.335 e. The van der Waals surface area contributed by atoms with Crippen LogP contribution in [0, 0.1) is 0 Å². The van der Waals surface area contributed by atoms with Crippen LogP contribution in [-0.4, -0.2) is 50.1 Å². The summed E-state index contributed by atoms with van der Waals surface area (Å²) in [6, 6.07) is 5.78. The Kier molecular flexibility index (Phi) is 5.57. The number of urea groups is 1. The van der Waals surface area contributed by atoms with Gasteiger partial charge in [-0.05, 0) is 37.1 Å². The van der Waals surface area contributed by atoms with Gasteiger partial charge in [-0.2, -0.15) is 0 Å². The van der Waals surface area contributed by atoms with E-state index in [-0.39, 0.29) is 5.57 Å². The van der Waals surface area contributed by atoms with Crippen LogP contribution >= 0.6 is 0 Å². The molecule has 4 amide bonds. The molecule has 0 aliphatic carbocycles. The summed E-state index contributed by atoms with van der Waals surface area (Å²) in [6.45, 7) is 1.84. The van der Waals surface area contributed by atoms with Gasteiger partial charge in [0.2, 0.25) is 0 Å². The van der Waals surface area contributed by atoms with Gasteiger partial charge < -0.3 is 14.4 Å². The van der Waals surface area contributed by atoms with Crippen LogP contribution in [0.25, 0.3) is 6.08 Å². The summed E-state index contributed by atoms with van der Waals surface area (Å²) in [7, 11) is 3.09. The molecule has 160 valence electrons. The van der Waals surface area contributed by atoms with E-state index in [2.05, 4.69) is 15.2 Å². The number of anilines is 2. The highest BCUT2D eigenvalue weighted by Gasteiger charge is 2.37. The van der Waals surface area contributed by atoms with Gasteiger partial charge in [0.05, 0.1) is 25.6 Å². The molecule has 9 heteroatoms. The fraction of sp³-hybridized carbons (Fsp3) is 0.273. The standard InChI is InChI=1S/C22H22N4O5/c1-30-18-13-17(25-9-3-4-10-25)19(31-2)12-14(18)11-16-20(27)24-22(29)26(21(16)28)15-5-7-23-8-6-15/h5-8,11-13H,3-4,9-10H2,1-2H3,(H,24,27,29)/b16-11+. The molecule has 31 heavy (non-hydrogen) atoms. The lowest BCUT2D eigenvalue weighted by Crippen LogP contribution is -2.54. The van der Waals surface area contributed by atoms with Crippen LogP contribution in [-0.2, 0) is 9.59 Å². The molecule has 1 N–H and O–H groups in total. The van der Waals surface area contributed by atoms with E-state index >= 15 is 0 Å². The molecule has 2 aromatic rings. The van der Waals surface area contributed by atoms with Crippen molar-refractivity contribution in [3.63, 3.8) is 0 Å². The second kappa shape index (κ2) is 8.47. The van der Waals surface area contributed by atoms with Crippen molar-refractivity contribution in [1.29, 1.82) is 0 Å². The molecule has 2 saturated heterocycles. The molecule has 9 nitrogen and oxygen atoms in total. The Morgan fingerprint density at radius 2 is 1.68 bits per heavy atom. The second-order valence-electron chi connectivity index (χ2n) is 7.12. The van der Waals surface area contributed by atoms with E-state index < -0.39 is 17.8 Å². The van der Waals surface area contributed by atoms with E-state index in [4.69, 9.17) is 9.47 Å². The SMILES string of the molecule is COc1cc(N2CCCC2)c(OC)cc1/C=C1\C(=O)NC(=O)N(c2ccncc2)C1=O. The summed E-state index contributed by atoms with van der Waals surface area (Å²) in [6.07, 6.45) is 6.53. The number of hydrogen-bond acceptors (Lipinski definition) is 7.